The maximum atomic E-state index is 12.0. The smallest absolute Gasteiger partial charge is 0.328 e. The van der Waals surface area contributed by atoms with Crippen LogP contribution < -0.4 is 4.90 Å². The van der Waals surface area contributed by atoms with Gasteiger partial charge in [-0.1, -0.05) is 6.07 Å². The topological polar surface area (TPSA) is 92.9 Å². The number of benzene rings is 1. The van der Waals surface area contributed by atoms with Gasteiger partial charge in [0.1, 0.15) is 11.7 Å². The number of hydrogen-bond donors (Lipinski definition) is 1. The quantitative estimate of drug-likeness (QED) is 0.506. The number of nitro groups is 1. The van der Waals surface area contributed by atoms with Crippen LogP contribution in [-0.2, 0) is 22.6 Å². The predicted octanol–water partition coefficient (Wildman–Crippen LogP) is 1.79. The summed E-state index contributed by atoms with van der Waals surface area (Å²) < 4.78 is 5.03. The summed E-state index contributed by atoms with van der Waals surface area (Å²) in [6.07, 6.45) is 1.48. The van der Waals surface area contributed by atoms with Crippen molar-refractivity contribution < 1.29 is 19.6 Å². The number of ether oxygens (including phenoxy) is 1. The Labute approximate surface area is 128 Å². The molecule has 1 aromatic rings. The minimum atomic E-state index is -0.585. The highest BCUT2D eigenvalue weighted by Crippen LogP contribution is 2.38. The zero-order valence-electron chi connectivity index (χ0n) is 12.7. The van der Waals surface area contributed by atoms with Gasteiger partial charge in [0.2, 0.25) is 0 Å². The van der Waals surface area contributed by atoms with E-state index in [1.54, 1.807) is 24.8 Å². The molecule has 7 heteroatoms. The van der Waals surface area contributed by atoms with Crippen molar-refractivity contribution in [1.82, 2.24) is 0 Å². The van der Waals surface area contributed by atoms with Crippen LogP contribution in [0.3, 0.4) is 0 Å². The summed E-state index contributed by atoms with van der Waals surface area (Å²) in [4.78, 5) is 24.6. The molecule has 0 saturated heterocycles. The van der Waals surface area contributed by atoms with Gasteiger partial charge in [-0.15, -0.1) is 0 Å². The van der Waals surface area contributed by atoms with Gasteiger partial charge in [-0.25, -0.2) is 4.79 Å². The molecule has 0 radical (unpaired) electrons. The van der Waals surface area contributed by atoms with Crippen molar-refractivity contribution in [2.24, 2.45) is 0 Å². The molecule has 1 atom stereocenters. The van der Waals surface area contributed by atoms with Crippen LogP contribution in [0.25, 0.3) is 0 Å². The Morgan fingerprint density at radius 1 is 1.55 bits per heavy atom. The maximum Gasteiger partial charge on any atom is 0.328 e. The van der Waals surface area contributed by atoms with Crippen LogP contribution in [0.2, 0.25) is 0 Å². The summed E-state index contributed by atoms with van der Waals surface area (Å²) >= 11 is 0. The third-order valence-electron chi connectivity index (χ3n) is 3.84. The molecule has 1 heterocycles. The number of nitro benzene ring substituents is 1. The molecule has 1 unspecified atom stereocenters. The third kappa shape index (κ3) is 3.04. The number of anilines is 1. The Morgan fingerprint density at radius 2 is 2.27 bits per heavy atom. The Morgan fingerprint density at radius 3 is 2.86 bits per heavy atom. The molecule has 0 amide bonds. The molecule has 1 aliphatic rings. The lowest BCUT2D eigenvalue weighted by Gasteiger charge is -2.34. The van der Waals surface area contributed by atoms with Crippen LogP contribution in [0, 0.1) is 10.1 Å². The number of aliphatic hydroxyl groups excluding tert-OH is 1. The molecule has 1 N–H and O–H groups in total. The van der Waals surface area contributed by atoms with E-state index in [0.717, 1.165) is 12.0 Å². The van der Waals surface area contributed by atoms with E-state index < -0.39 is 16.9 Å². The number of fused-ring (bicyclic) bond motifs is 1. The van der Waals surface area contributed by atoms with E-state index in [1.165, 1.54) is 6.07 Å². The van der Waals surface area contributed by atoms with Gasteiger partial charge >= 0.3 is 5.97 Å². The SMILES string of the molecule is CCOC(=O)C(C)N1CCCc2cc(CO)cc([N+](=O)[O-])c21. The lowest BCUT2D eigenvalue weighted by molar-refractivity contribution is -0.384. The monoisotopic (exact) mass is 308 g/mol. The average Bonchev–Trinajstić information content (AvgIpc) is 2.52. The van der Waals surface area contributed by atoms with Crippen LogP contribution in [0.1, 0.15) is 31.4 Å². The Bertz CT molecular complexity index is 588. The third-order valence-corrected chi connectivity index (χ3v) is 3.84. The molecule has 7 nitrogen and oxygen atoms in total. The average molecular weight is 308 g/mol. The molecule has 1 aromatic carbocycles. The van der Waals surface area contributed by atoms with Crippen molar-refractivity contribution in [3.8, 4) is 0 Å². The summed E-state index contributed by atoms with van der Waals surface area (Å²) in [5.41, 5.74) is 1.70. The predicted molar refractivity (Wildman–Crippen MR) is 80.8 cm³/mol. The first-order valence-electron chi connectivity index (χ1n) is 7.33. The fourth-order valence-electron chi connectivity index (χ4n) is 2.82. The normalized spacial score (nSPS) is 15.1. The number of rotatable bonds is 5. The number of nitrogens with zero attached hydrogens (tertiary/aromatic N) is 2. The van der Waals surface area contributed by atoms with Crippen LogP contribution >= 0.6 is 0 Å². The second-order valence-corrected chi connectivity index (χ2v) is 5.26. The fraction of sp³-hybridized carbons (Fsp3) is 0.533. The lowest BCUT2D eigenvalue weighted by atomic mass is 9.96. The summed E-state index contributed by atoms with van der Waals surface area (Å²) in [7, 11) is 0. The van der Waals surface area contributed by atoms with Crippen LogP contribution in [0.4, 0.5) is 11.4 Å². The van der Waals surface area contributed by atoms with Gasteiger partial charge in [-0.2, -0.15) is 0 Å². The largest absolute Gasteiger partial charge is 0.464 e. The maximum absolute atomic E-state index is 12.0. The fourth-order valence-corrected chi connectivity index (χ4v) is 2.82. The van der Waals surface area contributed by atoms with Crippen molar-refractivity contribution in [1.29, 1.82) is 0 Å². The highest BCUT2D eigenvalue weighted by atomic mass is 16.6. The number of carbonyl (C=O) groups is 1. The summed E-state index contributed by atoms with van der Waals surface area (Å²) in [5, 5.41) is 20.7. The molecule has 120 valence electrons. The highest BCUT2D eigenvalue weighted by molar-refractivity contribution is 5.83. The van der Waals surface area contributed by atoms with Crippen molar-refractivity contribution in [3.63, 3.8) is 0 Å². The first-order valence-corrected chi connectivity index (χ1v) is 7.33. The van der Waals surface area contributed by atoms with Gasteiger partial charge in [0.25, 0.3) is 5.69 Å². The van der Waals surface area contributed by atoms with Gasteiger partial charge in [0.15, 0.2) is 0 Å². The number of aliphatic hydroxyl groups is 1. The number of aryl methyl sites for hydroxylation is 1. The van der Waals surface area contributed by atoms with Gasteiger partial charge in [-0.3, -0.25) is 10.1 Å². The van der Waals surface area contributed by atoms with Crippen molar-refractivity contribution >= 4 is 17.3 Å². The summed E-state index contributed by atoms with van der Waals surface area (Å²) in [5.74, 6) is -0.393. The van der Waals surface area contributed by atoms with Gasteiger partial charge in [0.05, 0.1) is 18.1 Å². The van der Waals surface area contributed by atoms with Gasteiger partial charge in [-0.05, 0) is 37.8 Å². The van der Waals surface area contributed by atoms with Gasteiger partial charge in [0, 0.05) is 12.6 Å². The van der Waals surface area contributed by atoms with Crippen molar-refractivity contribution in [3.05, 3.63) is 33.4 Å². The number of carbonyl (C=O) groups excluding carboxylic acids is 1. The molecule has 0 bridgehead atoms. The molecule has 0 spiro atoms. The first kappa shape index (κ1) is 16.2. The van der Waals surface area contributed by atoms with E-state index in [9.17, 15) is 20.0 Å². The molecule has 2 rings (SSSR count). The minimum Gasteiger partial charge on any atom is -0.464 e. The standard InChI is InChI=1S/C15H20N2O5/c1-3-22-15(19)10(2)16-6-4-5-12-7-11(9-18)8-13(14(12)16)17(20)21/h7-8,10,18H,3-6,9H2,1-2H3. The summed E-state index contributed by atoms with van der Waals surface area (Å²) in [6.45, 7) is 4.00. The molecule has 0 aliphatic carbocycles. The first-order chi connectivity index (χ1) is 10.5. The molecular weight excluding hydrogens is 288 g/mol. The van der Waals surface area contributed by atoms with E-state index >= 15 is 0 Å². The number of hydrogen-bond acceptors (Lipinski definition) is 6. The molecular formula is C15H20N2O5. The molecule has 0 aromatic heterocycles. The van der Waals surface area contributed by atoms with Crippen LogP contribution in [0.15, 0.2) is 12.1 Å². The highest BCUT2D eigenvalue weighted by Gasteiger charge is 2.33. The molecule has 1 aliphatic heterocycles. The van der Waals surface area contributed by atoms with E-state index in [-0.39, 0.29) is 18.9 Å². The molecule has 22 heavy (non-hydrogen) atoms. The van der Waals surface area contributed by atoms with E-state index in [2.05, 4.69) is 0 Å². The van der Waals surface area contributed by atoms with Crippen molar-refractivity contribution in [2.45, 2.75) is 39.3 Å². The van der Waals surface area contributed by atoms with Crippen LogP contribution in [0.5, 0.6) is 0 Å². The van der Waals surface area contributed by atoms with Crippen molar-refractivity contribution in [2.75, 3.05) is 18.1 Å². The second kappa shape index (κ2) is 6.74. The zero-order chi connectivity index (χ0) is 16.3. The number of esters is 1. The lowest BCUT2D eigenvalue weighted by Crippen LogP contribution is -2.43. The van der Waals surface area contributed by atoms with E-state index in [1.807, 2.05) is 0 Å². The van der Waals surface area contributed by atoms with E-state index in [4.69, 9.17) is 4.74 Å². The molecule has 0 fully saturated rings. The Balaban J connectivity index is 2.48. The second-order valence-electron chi connectivity index (χ2n) is 5.26. The minimum absolute atomic E-state index is 0.0719. The molecule has 0 saturated carbocycles. The summed E-state index contributed by atoms with van der Waals surface area (Å²) in [6, 6.07) is 2.55. The van der Waals surface area contributed by atoms with Crippen LogP contribution in [-0.4, -0.2) is 35.2 Å². The Hall–Kier alpha value is -2.15. The zero-order valence-corrected chi connectivity index (χ0v) is 12.7. The Kier molecular flexibility index (Phi) is 4.97. The van der Waals surface area contributed by atoms with Gasteiger partial charge < -0.3 is 14.7 Å². The van der Waals surface area contributed by atoms with E-state index in [0.29, 0.717) is 24.2 Å².